The van der Waals surface area contributed by atoms with Gasteiger partial charge in [-0.1, -0.05) is 24.3 Å². The molecule has 0 aliphatic heterocycles. The lowest BCUT2D eigenvalue weighted by atomic mass is 9.95. The third-order valence-corrected chi connectivity index (χ3v) is 4.04. The quantitative estimate of drug-likeness (QED) is 0.532. The standard InChI is InChI=1S/C20H16N2O6/c1-10-3-2-4-13(9-10)28-12-7-5-11(6-8-12)14-15(19(24)25)17(21)22-18(23)16(14)20(26)27/h2-9H,1H3,(H,24,25)(H,26,27)(H3,21,22,23). The second kappa shape index (κ2) is 7.28. The van der Waals surface area contributed by atoms with Gasteiger partial charge in [-0.3, -0.25) is 4.79 Å². The lowest BCUT2D eigenvalue weighted by Crippen LogP contribution is -2.24. The molecule has 2 aromatic carbocycles. The Labute approximate surface area is 158 Å². The Balaban J connectivity index is 2.10. The van der Waals surface area contributed by atoms with Crippen LogP contribution >= 0.6 is 0 Å². The number of pyridine rings is 1. The van der Waals surface area contributed by atoms with Crippen LogP contribution in [0.2, 0.25) is 0 Å². The first kappa shape index (κ1) is 18.7. The lowest BCUT2D eigenvalue weighted by molar-refractivity contribution is 0.0695. The summed E-state index contributed by atoms with van der Waals surface area (Å²) in [4.78, 5) is 37.3. The normalized spacial score (nSPS) is 10.5. The van der Waals surface area contributed by atoms with Gasteiger partial charge in [0.1, 0.15) is 28.4 Å². The Bertz CT molecular complexity index is 1130. The van der Waals surface area contributed by atoms with E-state index < -0.39 is 34.4 Å². The summed E-state index contributed by atoms with van der Waals surface area (Å²) in [6.45, 7) is 1.92. The number of H-pyrrole nitrogens is 1. The molecule has 0 radical (unpaired) electrons. The maximum atomic E-state index is 12.1. The van der Waals surface area contributed by atoms with E-state index in [1.165, 1.54) is 12.1 Å². The predicted molar refractivity (Wildman–Crippen MR) is 102 cm³/mol. The van der Waals surface area contributed by atoms with Gasteiger partial charge in [0.2, 0.25) is 0 Å². The number of aryl methyl sites for hydroxylation is 1. The number of rotatable bonds is 5. The molecule has 0 saturated heterocycles. The highest BCUT2D eigenvalue weighted by Gasteiger charge is 2.26. The SMILES string of the molecule is Cc1cccc(Oc2ccc(-c3c(C(=O)O)c(N)[nH]c(=O)c3C(=O)O)cc2)c1. The Morgan fingerprint density at radius 2 is 1.61 bits per heavy atom. The van der Waals surface area contributed by atoms with E-state index in [0.29, 0.717) is 11.5 Å². The summed E-state index contributed by atoms with van der Waals surface area (Å²) in [6, 6.07) is 13.4. The number of benzene rings is 2. The van der Waals surface area contributed by atoms with E-state index in [9.17, 15) is 24.6 Å². The molecule has 0 fully saturated rings. The van der Waals surface area contributed by atoms with Gasteiger partial charge in [-0.05, 0) is 42.3 Å². The van der Waals surface area contributed by atoms with Crippen molar-refractivity contribution in [2.45, 2.75) is 6.92 Å². The van der Waals surface area contributed by atoms with Gasteiger partial charge in [-0.15, -0.1) is 0 Å². The third kappa shape index (κ3) is 3.56. The maximum absolute atomic E-state index is 12.1. The van der Waals surface area contributed by atoms with Crippen molar-refractivity contribution in [3.05, 3.63) is 75.6 Å². The van der Waals surface area contributed by atoms with Crippen molar-refractivity contribution in [3.63, 3.8) is 0 Å². The minimum absolute atomic E-state index is 0.212. The van der Waals surface area contributed by atoms with E-state index in [0.717, 1.165) is 5.56 Å². The maximum Gasteiger partial charge on any atom is 0.342 e. The minimum Gasteiger partial charge on any atom is -0.478 e. The van der Waals surface area contributed by atoms with Crippen LogP contribution in [-0.4, -0.2) is 27.1 Å². The molecule has 0 atom stereocenters. The van der Waals surface area contributed by atoms with E-state index in [4.69, 9.17) is 10.5 Å². The first-order chi connectivity index (χ1) is 13.3. The third-order valence-electron chi connectivity index (χ3n) is 4.04. The Kier molecular flexibility index (Phi) is 4.86. The van der Waals surface area contributed by atoms with Gasteiger partial charge in [-0.2, -0.15) is 0 Å². The summed E-state index contributed by atoms with van der Waals surface area (Å²) in [5, 5.41) is 18.9. The molecule has 3 aromatic rings. The van der Waals surface area contributed by atoms with E-state index in [1.807, 2.05) is 25.1 Å². The molecule has 1 heterocycles. The van der Waals surface area contributed by atoms with Crippen LogP contribution in [0.15, 0.2) is 53.3 Å². The van der Waals surface area contributed by atoms with Crippen LogP contribution in [0.1, 0.15) is 26.3 Å². The largest absolute Gasteiger partial charge is 0.478 e. The molecule has 0 amide bonds. The smallest absolute Gasteiger partial charge is 0.342 e. The van der Waals surface area contributed by atoms with Crippen LogP contribution < -0.4 is 16.0 Å². The summed E-state index contributed by atoms with van der Waals surface area (Å²) in [7, 11) is 0. The fourth-order valence-corrected chi connectivity index (χ4v) is 2.84. The zero-order chi connectivity index (χ0) is 20.4. The van der Waals surface area contributed by atoms with E-state index in [-0.39, 0.29) is 11.1 Å². The second-order valence-electron chi connectivity index (χ2n) is 6.05. The zero-order valence-electron chi connectivity index (χ0n) is 14.7. The summed E-state index contributed by atoms with van der Waals surface area (Å²) < 4.78 is 5.73. The van der Waals surface area contributed by atoms with Gasteiger partial charge in [0.05, 0.1) is 0 Å². The number of carboxylic acids is 2. The summed E-state index contributed by atoms with van der Waals surface area (Å²) in [6.07, 6.45) is 0. The molecule has 3 rings (SSSR count). The van der Waals surface area contributed by atoms with Crippen molar-refractivity contribution in [1.29, 1.82) is 0 Å². The molecule has 0 saturated carbocycles. The first-order valence-corrected chi connectivity index (χ1v) is 8.15. The van der Waals surface area contributed by atoms with Crippen molar-refractivity contribution >= 4 is 17.8 Å². The first-order valence-electron chi connectivity index (χ1n) is 8.15. The molecular weight excluding hydrogens is 364 g/mol. The average Bonchev–Trinajstić information content (AvgIpc) is 2.61. The molecule has 8 heteroatoms. The number of carbonyl (C=O) groups is 2. The van der Waals surface area contributed by atoms with Gasteiger partial charge in [-0.25, -0.2) is 9.59 Å². The fraction of sp³-hybridized carbons (Fsp3) is 0.0500. The van der Waals surface area contributed by atoms with Gasteiger partial charge in [0.25, 0.3) is 5.56 Å². The van der Waals surface area contributed by atoms with E-state index >= 15 is 0 Å². The van der Waals surface area contributed by atoms with E-state index in [2.05, 4.69) is 4.98 Å². The number of carboxylic acid groups (broad SMARTS) is 2. The second-order valence-corrected chi connectivity index (χ2v) is 6.05. The fourth-order valence-electron chi connectivity index (χ4n) is 2.84. The number of aromatic amines is 1. The number of aromatic nitrogens is 1. The number of hydrogen-bond acceptors (Lipinski definition) is 5. The molecule has 0 unspecified atom stereocenters. The number of nitrogen functional groups attached to an aromatic ring is 1. The monoisotopic (exact) mass is 380 g/mol. The number of nitrogens with one attached hydrogen (secondary N) is 1. The highest BCUT2D eigenvalue weighted by molar-refractivity contribution is 6.07. The molecule has 8 nitrogen and oxygen atoms in total. The molecule has 0 bridgehead atoms. The van der Waals surface area contributed by atoms with Crippen molar-refractivity contribution in [3.8, 4) is 22.6 Å². The number of hydrogen-bond donors (Lipinski definition) is 4. The molecule has 0 aliphatic rings. The minimum atomic E-state index is -1.56. The van der Waals surface area contributed by atoms with Crippen LogP contribution in [-0.2, 0) is 0 Å². The molecule has 142 valence electrons. The van der Waals surface area contributed by atoms with Gasteiger partial charge in [0.15, 0.2) is 0 Å². The molecular formula is C20H16N2O6. The Morgan fingerprint density at radius 3 is 2.18 bits per heavy atom. The Morgan fingerprint density at radius 1 is 0.964 bits per heavy atom. The molecule has 0 aliphatic carbocycles. The highest BCUT2D eigenvalue weighted by Crippen LogP contribution is 2.31. The number of aromatic carboxylic acids is 2. The van der Waals surface area contributed by atoms with Gasteiger partial charge in [0, 0.05) is 5.56 Å². The highest BCUT2D eigenvalue weighted by atomic mass is 16.5. The predicted octanol–water partition coefficient (Wildman–Crippen LogP) is 3.12. The van der Waals surface area contributed by atoms with Crippen molar-refractivity contribution in [2.75, 3.05) is 5.73 Å². The summed E-state index contributed by atoms with van der Waals surface area (Å²) in [5.41, 5.74) is 4.43. The molecule has 1 aromatic heterocycles. The number of anilines is 1. The van der Waals surface area contributed by atoms with Crippen LogP contribution in [0.3, 0.4) is 0 Å². The summed E-state index contributed by atoms with van der Waals surface area (Å²) in [5.74, 6) is -2.35. The Hall–Kier alpha value is -4.07. The van der Waals surface area contributed by atoms with Crippen molar-refractivity contribution < 1.29 is 24.5 Å². The van der Waals surface area contributed by atoms with Crippen molar-refractivity contribution in [2.24, 2.45) is 0 Å². The topological polar surface area (TPSA) is 143 Å². The summed E-state index contributed by atoms with van der Waals surface area (Å²) >= 11 is 0. The molecule has 0 spiro atoms. The number of ether oxygens (including phenoxy) is 1. The van der Waals surface area contributed by atoms with Crippen LogP contribution in [0, 0.1) is 6.92 Å². The van der Waals surface area contributed by atoms with Gasteiger partial charge < -0.3 is 25.7 Å². The lowest BCUT2D eigenvalue weighted by Gasteiger charge is -2.13. The van der Waals surface area contributed by atoms with Gasteiger partial charge >= 0.3 is 11.9 Å². The molecule has 28 heavy (non-hydrogen) atoms. The van der Waals surface area contributed by atoms with E-state index in [1.54, 1.807) is 18.2 Å². The van der Waals surface area contributed by atoms with Crippen LogP contribution in [0.5, 0.6) is 11.5 Å². The number of nitrogens with two attached hydrogens (primary N) is 1. The van der Waals surface area contributed by atoms with Crippen LogP contribution in [0.25, 0.3) is 11.1 Å². The van der Waals surface area contributed by atoms with Crippen LogP contribution in [0.4, 0.5) is 5.82 Å². The van der Waals surface area contributed by atoms with Crippen molar-refractivity contribution in [1.82, 2.24) is 4.98 Å². The molecule has 5 N–H and O–H groups in total. The zero-order valence-corrected chi connectivity index (χ0v) is 14.7. The average molecular weight is 380 g/mol.